The van der Waals surface area contributed by atoms with Crippen LogP contribution >= 0.6 is 0 Å². The molecular formula is C24H20FN3O2. The number of benzene rings is 3. The Balaban J connectivity index is 1.54. The van der Waals surface area contributed by atoms with Crippen molar-refractivity contribution >= 4 is 28.3 Å². The summed E-state index contributed by atoms with van der Waals surface area (Å²) in [6.07, 6.45) is 2.17. The Morgan fingerprint density at radius 3 is 2.40 bits per heavy atom. The van der Waals surface area contributed by atoms with Crippen molar-refractivity contribution < 1.29 is 14.0 Å². The Morgan fingerprint density at radius 2 is 1.60 bits per heavy atom. The van der Waals surface area contributed by atoms with Gasteiger partial charge in [0.25, 0.3) is 0 Å². The number of halogens is 1. The summed E-state index contributed by atoms with van der Waals surface area (Å²) in [6, 6.07) is 19.2. The van der Waals surface area contributed by atoms with Gasteiger partial charge >= 0.3 is 0 Å². The van der Waals surface area contributed by atoms with E-state index in [1.165, 1.54) is 18.2 Å². The molecule has 1 aromatic heterocycles. The lowest BCUT2D eigenvalue weighted by Crippen LogP contribution is -2.37. The highest BCUT2D eigenvalue weighted by atomic mass is 19.1. The first kappa shape index (κ1) is 19.5. The molecule has 0 saturated carbocycles. The van der Waals surface area contributed by atoms with Gasteiger partial charge < -0.3 is 16.0 Å². The number of anilines is 1. The normalized spacial score (nSPS) is 11.9. The van der Waals surface area contributed by atoms with Crippen molar-refractivity contribution in [1.82, 2.24) is 4.98 Å². The van der Waals surface area contributed by atoms with Crippen LogP contribution in [0.4, 0.5) is 10.1 Å². The fraction of sp³-hybridized carbons (Fsp3) is 0.0833. The molecule has 4 N–H and O–H groups in total. The highest BCUT2D eigenvalue weighted by molar-refractivity contribution is 6.14. The van der Waals surface area contributed by atoms with Crippen LogP contribution in [0, 0.1) is 5.82 Å². The number of rotatable bonds is 6. The van der Waals surface area contributed by atoms with Crippen molar-refractivity contribution in [1.29, 1.82) is 0 Å². The fourth-order valence-corrected chi connectivity index (χ4v) is 3.44. The van der Waals surface area contributed by atoms with Crippen LogP contribution in [0.3, 0.4) is 0 Å². The maximum Gasteiger partial charge on any atom is 0.241 e. The summed E-state index contributed by atoms with van der Waals surface area (Å²) in [5.74, 6) is -1.54. The molecule has 0 aliphatic carbocycles. The van der Waals surface area contributed by atoms with E-state index in [0.29, 0.717) is 12.1 Å². The predicted octanol–water partition coefficient (Wildman–Crippen LogP) is 4.05. The highest BCUT2D eigenvalue weighted by Gasteiger charge is 2.21. The van der Waals surface area contributed by atoms with Crippen molar-refractivity contribution in [3.05, 3.63) is 102 Å². The van der Waals surface area contributed by atoms with Crippen LogP contribution in [-0.2, 0) is 11.2 Å². The van der Waals surface area contributed by atoms with Gasteiger partial charge in [0, 0.05) is 22.7 Å². The molecule has 1 heterocycles. The second kappa shape index (κ2) is 8.31. The fourth-order valence-electron chi connectivity index (χ4n) is 3.44. The molecular weight excluding hydrogens is 381 g/mol. The number of amides is 1. The van der Waals surface area contributed by atoms with Crippen molar-refractivity contribution in [2.24, 2.45) is 5.73 Å². The number of nitrogens with two attached hydrogens (primary N) is 1. The second-order valence-electron chi connectivity index (χ2n) is 7.01. The molecule has 0 saturated heterocycles. The topological polar surface area (TPSA) is 88.0 Å². The van der Waals surface area contributed by atoms with Crippen molar-refractivity contribution in [3.8, 4) is 0 Å². The van der Waals surface area contributed by atoms with Gasteiger partial charge in [-0.25, -0.2) is 4.39 Å². The summed E-state index contributed by atoms with van der Waals surface area (Å²) in [5.41, 5.74) is 8.49. The van der Waals surface area contributed by atoms with Crippen LogP contribution in [0.25, 0.3) is 10.9 Å². The van der Waals surface area contributed by atoms with Crippen LogP contribution in [0.5, 0.6) is 0 Å². The van der Waals surface area contributed by atoms with E-state index in [9.17, 15) is 14.0 Å². The first-order chi connectivity index (χ1) is 14.5. The van der Waals surface area contributed by atoms with Gasteiger partial charge in [-0.1, -0.05) is 42.5 Å². The van der Waals surface area contributed by atoms with Crippen LogP contribution in [0.15, 0.2) is 79.0 Å². The van der Waals surface area contributed by atoms with E-state index in [-0.39, 0.29) is 11.1 Å². The van der Waals surface area contributed by atoms with E-state index in [4.69, 9.17) is 5.73 Å². The number of aromatic nitrogens is 1. The van der Waals surface area contributed by atoms with E-state index >= 15 is 0 Å². The quantitative estimate of drug-likeness (QED) is 0.426. The van der Waals surface area contributed by atoms with Gasteiger partial charge in [-0.05, 0) is 42.3 Å². The minimum absolute atomic E-state index is 0.0534. The summed E-state index contributed by atoms with van der Waals surface area (Å²) < 4.78 is 14.1. The SMILES string of the molecule is N[C@@H](Cc1c[nH]c2ccccc12)C(=O)Nc1ccccc1C(=O)c1ccccc1F. The first-order valence-electron chi connectivity index (χ1n) is 9.54. The third kappa shape index (κ3) is 3.86. The molecule has 1 atom stereocenters. The summed E-state index contributed by atoms with van der Waals surface area (Å²) in [6.45, 7) is 0. The lowest BCUT2D eigenvalue weighted by molar-refractivity contribution is -0.117. The van der Waals surface area contributed by atoms with E-state index in [1.54, 1.807) is 30.3 Å². The third-order valence-electron chi connectivity index (χ3n) is 5.00. The number of para-hydroxylation sites is 2. The molecule has 6 heteroatoms. The molecule has 3 aromatic carbocycles. The summed E-state index contributed by atoms with van der Waals surface area (Å²) in [5, 5.41) is 3.73. The largest absolute Gasteiger partial charge is 0.361 e. The molecule has 0 aliphatic heterocycles. The molecule has 150 valence electrons. The lowest BCUT2D eigenvalue weighted by atomic mass is 10.0. The molecule has 5 nitrogen and oxygen atoms in total. The molecule has 0 unspecified atom stereocenters. The van der Waals surface area contributed by atoms with Crippen LogP contribution in [0.1, 0.15) is 21.5 Å². The van der Waals surface area contributed by atoms with Gasteiger partial charge in [-0.15, -0.1) is 0 Å². The second-order valence-corrected chi connectivity index (χ2v) is 7.01. The van der Waals surface area contributed by atoms with Crippen LogP contribution < -0.4 is 11.1 Å². The van der Waals surface area contributed by atoms with Crippen LogP contribution in [0.2, 0.25) is 0 Å². The van der Waals surface area contributed by atoms with Gasteiger partial charge in [0.05, 0.1) is 17.3 Å². The number of fused-ring (bicyclic) bond motifs is 1. The Morgan fingerprint density at radius 1 is 0.933 bits per heavy atom. The summed E-state index contributed by atoms with van der Waals surface area (Å²) >= 11 is 0. The number of ketones is 1. The maximum absolute atomic E-state index is 14.1. The smallest absolute Gasteiger partial charge is 0.241 e. The number of H-pyrrole nitrogens is 1. The van der Waals surface area contributed by atoms with Gasteiger partial charge in [-0.3, -0.25) is 9.59 Å². The zero-order valence-corrected chi connectivity index (χ0v) is 16.1. The zero-order valence-electron chi connectivity index (χ0n) is 16.1. The summed E-state index contributed by atoms with van der Waals surface area (Å²) in [7, 11) is 0. The van der Waals surface area contributed by atoms with Crippen molar-refractivity contribution in [3.63, 3.8) is 0 Å². The summed E-state index contributed by atoms with van der Waals surface area (Å²) in [4.78, 5) is 28.7. The Hall–Kier alpha value is -3.77. The molecule has 4 rings (SSSR count). The van der Waals surface area contributed by atoms with Crippen LogP contribution in [-0.4, -0.2) is 22.7 Å². The van der Waals surface area contributed by atoms with Crippen molar-refractivity contribution in [2.75, 3.05) is 5.32 Å². The van der Waals surface area contributed by atoms with Gasteiger partial charge in [-0.2, -0.15) is 0 Å². The number of hydrogen-bond acceptors (Lipinski definition) is 3. The first-order valence-corrected chi connectivity index (χ1v) is 9.54. The minimum atomic E-state index is -0.819. The standard InChI is InChI=1S/C24H20FN3O2/c25-19-10-4-1-8-17(19)23(29)18-9-3-6-12-22(18)28-24(30)20(26)13-15-14-27-21-11-5-2-7-16(15)21/h1-12,14,20,27H,13,26H2,(H,28,30)/t20-/m0/s1. The Bertz CT molecular complexity index is 1230. The average molecular weight is 401 g/mol. The molecule has 0 fully saturated rings. The van der Waals surface area contributed by atoms with Crippen molar-refractivity contribution in [2.45, 2.75) is 12.5 Å². The van der Waals surface area contributed by atoms with E-state index < -0.39 is 23.5 Å². The Labute approximate surface area is 172 Å². The number of nitrogens with one attached hydrogen (secondary N) is 2. The van der Waals surface area contributed by atoms with E-state index in [2.05, 4.69) is 10.3 Å². The van der Waals surface area contributed by atoms with Gasteiger partial charge in [0.2, 0.25) is 5.91 Å². The van der Waals surface area contributed by atoms with E-state index in [0.717, 1.165) is 16.5 Å². The molecule has 4 aromatic rings. The number of aromatic amines is 1. The molecule has 0 bridgehead atoms. The molecule has 30 heavy (non-hydrogen) atoms. The lowest BCUT2D eigenvalue weighted by Gasteiger charge is -2.14. The maximum atomic E-state index is 14.1. The third-order valence-corrected chi connectivity index (χ3v) is 5.00. The molecule has 0 radical (unpaired) electrons. The van der Waals surface area contributed by atoms with Gasteiger partial charge in [0.15, 0.2) is 5.78 Å². The monoisotopic (exact) mass is 401 g/mol. The molecule has 0 spiro atoms. The molecule has 1 amide bonds. The molecule has 0 aliphatic rings. The van der Waals surface area contributed by atoms with Gasteiger partial charge in [0.1, 0.15) is 5.82 Å². The van der Waals surface area contributed by atoms with E-state index in [1.807, 2.05) is 30.5 Å². The number of hydrogen-bond donors (Lipinski definition) is 3. The number of carbonyl (C=O) groups is 2. The Kier molecular flexibility index (Phi) is 5.41. The average Bonchev–Trinajstić information content (AvgIpc) is 3.17. The number of carbonyl (C=O) groups excluding carboxylic acids is 2. The highest BCUT2D eigenvalue weighted by Crippen LogP contribution is 2.22. The minimum Gasteiger partial charge on any atom is -0.361 e. The predicted molar refractivity (Wildman–Crippen MR) is 115 cm³/mol. The zero-order chi connectivity index (χ0) is 21.1.